The molecule has 1 N–H and O–H groups in total. The fraction of sp³-hybridized carbons (Fsp3) is 0.375. The SMILES string of the molecule is CCCNCc1ccc2c(ccn2Cc2cn(C)nn2)c1. The molecule has 5 heteroatoms. The number of benzene rings is 1. The summed E-state index contributed by atoms with van der Waals surface area (Å²) in [5, 5.41) is 12.8. The molecule has 5 nitrogen and oxygen atoms in total. The van der Waals surface area contributed by atoms with E-state index in [4.69, 9.17) is 0 Å². The summed E-state index contributed by atoms with van der Waals surface area (Å²) in [6, 6.07) is 8.80. The molecule has 0 amide bonds. The van der Waals surface area contributed by atoms with E-state index in [1.807, 2.05) is 13.2 Å². The second-order valence-corrected chi connectivity index (χ2v) is 5.40. The van der Waals surface area contributed by atoms with Gasteiger partial charge in [0.05, 0.1) is 6.54 Å². The van der Waals surface area contributed by atoms with Crippen molar-refractivity contribution in [3.05, 3.63) is 47.9 Å². The van der Waals surface area contributed by atoms with Crippen LogP contribution < -0.4 is 5.32 Å². The summed E-state index contributed by atoms with van der Waals surface area (Å²) >= 11 is 0. The van der Waals surface area contributed by atoms with Crippen molar-refractivity contribution in [2.45, 2.75) is 26.4 Å². The van der Waals surface area contributed by atoms with Crippen molar-refractivity contribution in [2.75, 3.05) is 6.54 Å². The van der Waals surface area contributed by atoms with Crippen LogP contribution in [0.2, 0.25) is 0 Å². The van der Waals surface area contributed by atoms with Gasteiger partial charge in [-0.1, -0.05) is 18.2 Å². The summed E-state index contributed by atoms with van der Waals surface area (Å²) in [6.07, 6.45) is 5.23. The Balaban J connectivity index is 1.79. The first-order valence-corrected chi connectivity index (χ1v) is 7.40. The maximum Gasteiger partial charge on any atom is 0.102 e. The van der Waals surface area contributed by atoms with Crippen molar-refractivity contribution in [1.82, 2.24) is 24.9 Å². The van der Waals surface area contributed by atoms with Gasteiger partial charge in [0, 0.05) is 31.5 Å². The fourth-order valence-corrected chi connectivity index (χ4v) is 2.55. The van der Waals surface area contributed by atoms with Crippen LogP contribution in [0.5, 0.6) is 0 Å². The van der Waals surface area contributed by atoms with E-state index in [1.165, 1.54) is 16.5 Å². The first-order chi connectivity index (χ1) is 10.3. The Bertz CT molecular complexity index is 725. The van der Waals surface area contributed by atoms with Crippen molar-refractivity contribution in [3.8, 4) is 0 Å². The Labute approximate surface area is 124 Å². The predicted molar refractivity (Wildman–Crippen MR) is 84.0 cm³/mol. The van der Waals surface area contributed by atoms with E-state index in [0.29, 0.717) is 0 Å². The highest BCUT2D eigenvalue weighted by Crippen LogP contribution is 2.18. The van der Waals surface area contributed by atoms with Crippen molar-refractivity contribution in [2.24, 2.45) is 7.05 Å². The molecule has 0 unspecified atom stereocenters. The largest absolute Gasteiger partial charge is 0.341 e. The van der Waals surface area contributed by atoms with Gasteiger partial charge in [0.2, 0.25) is 0 Å². The van der Waals surface area contributed by atoms with Crippen LogP contribution in [0.4, 0.5) is 0 Å². The Morgan fingerprint density at radius 2 is 2.14 bits per heavy atom. The minimum absolute atomic E-state index is 0.755. The van der Waals surface area contributed by atoms with E-state index in [1.54, 1.807) is 4.68 Å². The van der Waals surface area contributed by atoms with Gasteiger partial charge < -0.3 is 9.88 Å². The summed E-state index contributed by atoms with van der Waals surface area (Å²) in [6.45, 7) is 4.93. The Morgan fingerprint density at radius 3 is 2.90 bits per heavy atom. The van der Waals surface area contributed by atoms with Gasteiger partial charge in [-0.25, -0.2) is 0 Å². The lowest BCUT2D eigenvalue weighted by Crippen LogP contribution is -2.13. The molecule has 21 heavy (non-hydrogen) atoms. The van der Waals surface area contributed by atoms with Crippen molar-refractivity contribution in [3.63, 3.8) is 0 Å². The third-order valence-electron chi connectivity index (χ3n) is 3.57. The lowest BCUT2D eigenvalue weighted by Gasteiger charge is -2.06. The Kier molecular flexibility index (Phi) is 4.01. The van der Waals surface area contributed by atoms with Crippen molar-refractivity contribution >= 4 is 10.9 Å². The molecule has 2 heterocycles. The molecular formula is C16H21N5. The van der Waals surface area contributed by atoms with Gasteiger partial charge in [0.15, 0.2) is 0 Å². The summed E-state index contributed by atoms with van der Waals surface area (Å²) in [7, 11) is 1.89. The third-order valence-corrected chi connectivity index (χ3v) is 3.57. The van der Waals surface area contributed by atoms with Crippen molar-refractivity contribution in [1.29, 1.82) is 0 Å². The van der Waals surface area contributed by atoms with Gasteiger partial charge in [-0.2, -0.15) is 0 Å². The predicted octanol–water partition coefficient (Wildman–Crippen LogP) is 2.32. The number of hydrogen-bond donors (Lipinski definition) is 1. The average molecular weight is 283 g/mol. The Hall–Kier alpha value is -2.14. The van der Waals surface area contributed by atoms with Crippen molar-refractivity contribution < 1.29 is 0 Å². The zero-order chi connectivity index (χ0) is 14.7. The zero-order valence-electron chi connectivity index (χ0n) is 12.6. The molecule has 0 atom stereocenters. The van der Waals surface area contributed by atoms with E-state index in [0.717, 1.165) is 31.7 Å². The highest BCUT2D eigenvalue weighted by molar-refractivity contribution is 5.81. The van der Waals surface area contributed by atoms with Gasteiger partial charge in [0.1, 0.15) is 5.69 Å². The molecule has 0 spiro atoms. The van der Waals surface area contributed by atoms with Gasteiger partial charge in [-0.05, 0) is 42.1 Å². The number of hydrogen-bond acceptors (Lipinski definition) is 3. The second-order valence-electron chi connectivity index (χ2n) is 5.40. The van der Waals surface area contributed by atoms with Gasteiger partial charge in [-0.3, -0.25) is 4.68 Å². The van der Waals surface area contributed by atoms with Crippen LogP contribution in [0.25, 0.3) is 10.9 Å². The maximum absolute atomic E-state index is 4.15. The molecule has 3 rings (SSSR count). The minimum Gasteiger partial charge on any atom is -0.341 e. The smallest absolute Gasteiger partial charge is 0.102 e. The standard InChI is InChI=1S/C16H21N5/c1-3-7-17-10-13-4-5-16-14(9-13)6-8-21(16)12-15-11-20(2)19-18-15/h4-6,8-9,11,17H,3,7,10,12H2,1-2H3. The lowest BCUT2D eigenvalue weighted by atomic mass is 10.1. The molecule has 110 valence electrons. The molecule has 0 saturated heterocycles. The molecule has 0 radical (unpaired) electrons. The number of nitrogens with zero attached hydrogens (tertiary/aromatic N) is 4. The van der Waals surface area contributed by atoms with E-state index in [2.05, 4.69) is 57.6 Å². The molecule has 0 fully saturated rings. The highest BCUT2D eigenvalue weighted by atomic mass is 15.4. The van der Waals surface area contributed by atoms with E-state index in [9.17, 15) is 0 Å². The number of fused-ring (bicyclic) bond motifs is 1. The molecule has 1 aromatic carbocycles. The monoisotopic (exact) mass is 283 g/mol. The van der Waals surface area contributed by atoms with Crippen LogP contribution in [-0.2, 0) is 20.1 Å². The minimum atomic E-state index is 0.755. The highest BCUT2D eigenvalue weighted by Gasteiger charge is 2.05. The van der Waals surface area contributed by atoms with Crippen LogP contribution >= 0.6 is 0 Å². The second kappa shape index (κ2) is 6.10. The van der Waals surface area contributed by atoms with Crippen LogP contribution in [-0.4, -0.2) is 26.1 Å². The van der Waals surface area contributed by atoms with Crippen LogP contribution in [0.1, 0.15) is 24.6 Å². The van der Waals surface area contributed by atoms with E-state index >= 15 is 0 Å². The molecular weight excluding hydrogens is 262 g/mol. The third kappa shape index (κ3) is 3.13. The molecule has 0 bridgehead atoms. The quantitative estimate of drug-likeness (QED) is 0.706. The molecule has 2 aromatic heterocycles. The number of aromatic nitrogens is 4. The molecule has 3 aromatic rings. The number of nitrogens with one attached hydrogen (secondary N) is 1. The summed E-state index contributed by atoms with van der Waals surface area (Å²) in [5.74, 6) is 0. The van der Waals surface area contributed by atoms with Gasteiger partial charge >= 0.3 is 0 Å². The van der Waals surface area contributed by atoms with Crippen LogP contribution in [0, 0.1) is 0 Å². The zero-order valence-corrected chi connectivity index (χ0v) is 12.6. The lowest BCUT2D eigenvalue weighted by molar-refractivity contribution is 0.676. The maximum atomic E-state index is 4.15. The average Bonchev–Trinajstić information content (AvgIpc) is 3.06. The molecule has 0 aliphatic carbocycles. The van der Waals surface area contributed by atoms with Crippen LogP contribution in [0.3, 0.4) is 0 Å². The van der Waals surface area contributed by atoms with E-state index in [-0.39, 0.29) is 0 Å². The van der Waals surface area contributed by atoms with Gasteiger partial charge in [-0.15, -0.1) is 5.10 Å². The summed E-state index contributed by atoms with van der Waals surface area (Å²) < 4.78 is 3.95. The first-order valence-electron chi connectivity index (χ1n) is 7.40. The number of rotatable bonds is 6. The fourth-order valence-electron chi connectivity index (χ4n) is 2.55. The Morgan fingerprint density at radius 1 is 1.24 bits per heavy atom. The molecule has 0 aliphatic heterocycles. The van der Waals surface area contributed by atoms with E-state index < -0.39 is 0 Å². The summed E-state index contributed by atoms with van der Waals surface area (Å²) in [5.41, 5.74) is 3.54. The number of aryl methyl sites for hydroxylation is 1. The normalized spacial score (nSPS) is 11.3. The van der Waals surface area contributed by atoms with Crippen LogP contribution in [0.15, 0.2) is 36.7 Å². The topological polar surface area (TPSA) is 47.7 Å². The first kappa shape index (κ1) is 13.8. The summed E-state index contributed by atoms with van der Waals surface area (Å²) in [4.78, 5) is 0. The molecule has 0 aliphatic rings. The molecule has 0 saturated carbocycles. The van der Waals surface area contributed by atoms with Gasteiger partial charge in [0.25, 0.3) is 0 Å².